The number of ether oxygens (including phenoxy) is 1. The molecule has 9 heteroatoms. The Kier molecular flexibility index (Phi) is 7.77. The van der Waals surface area contributed by atoms with Crippen molar-refractivity contribution in [3.8, 4) is 11.5 Å². The van der Waals surface area contributed by atoms with E-state index < -0.39 is 24.0 Å². The number of fused-ring (bicyclic) bond motifs is 2. The van der Waals surface area contributed by atoms with Crippen LogP contribution in [0.4, 0.5) is 10.5 Å². The van der Waals surface area contributed by atoms with Crippen molar-refractivity contribution in [2.45, 2.75) is 70.4 Å². The zero-order chi connectivity index (χ0) is 27.6. The molecule has 1 aromatic heterocycles. The fraction of sp³-hybridized carbons (Fsp3) is 0.533. The lowest BCUT2D eigenvalue weighted by molar-refractivity contribution is -0.140. The molecule has 0 bridgehead atoms. The number of hydrogen-bond donors (Lipinski definition) is 2. The van der Waals surface area contributed by atoms with Gasteiger partial charge in [0.15, 0.2) is 0 Å². The molecule has 2 aliphatic carbocycles. The first-order valence-corrected chi connectivity index (χ1v) is 14.0. The number of amides is 3. The van der Waals surface area contributed by atoms with E-state index >= 15 is 0 Å². The van der Waals surface area contributed by atoms with Crippen LogP contribution in [0.5, 0.6) is 0 Å². The minimum absolute atomic E-state index is 0.0583. The van der Waals surface area contributed by atoms with E-state index in [4.69, 9.17) is 9.15 Å². The number of carbonyl (C=O) groups excluding carboxylic acids is 3. The second-order valence-corrected chi connectivity index (χ2v) is 11.2. The third-order valence-corrected chi connectivity index (χ3v) is 8.52. The normalized spacial score (nSPS) is 30.0. The molecule has 2 saturated carbocycles. The third kappa shape index (κ3) is 5.87. The van der Waals surface area contributed by atoms with Crippen LogP contribution in [0.2, 0.25) is 0 Å². The summed E-state index contributed by atoms with van der Waals surface area (Å²) in [6.45, 7) is 4.66. The van der Waals surface area contributed by atoms with Crippen molar-refractivity contribution in [2.75, 3.05) is 18.9 Å². The Morgan fingerprint density at radius 1 is 1.26 bits per heavy atom. The van der Waals surface area contributed by atoms with Gasteiger partial charge in [0.25, 0.3) is 0 Å². The number of benzene rings is 1. The summed E-state index contributed by atoms with van der Waals surface area (Å²) in [4.78, 5) is 46.0. The molecule has 3 amide bonds. The van der Waals surface area contributed by atoms with E-state index in [1.54, 1.807) is 18.1 Å². The van der Waals surface area contributed by atoms with Gasteiger partial charge < -0.3 is 19.4 Å². The SMILES string of the molecule is CC[C@@]12C[C@H]1/C=C\CCCCN(C)C(=O)[C@@H]1C[C@H](OC(=O)Nc3cc(C)ccc3-c3ncco3)C[C@H]1C(=O)N2. The fourth-order valence-corrected chi connectivity index (χ4v) is 6.07. The molecular weight excluding hydrogens is 496 g/mol. The number of allylic oxidation sites excluding steroid dienone is 1. The van der Waals surface area contributed by atoms with Gasteiger partial charge in [-0.2, -0.15) is 0 Å². The van der Waals surface area contributed by atoms with Crippen LogP contribution in [0.3, 0.4) is 0 Å². The number of hydrogen-bond acceptors (Lipinski definition) is 6. The van der Waals surface area contributed by atoms with Gasteiger partial charge in [0.1, 0.15) is 12.4 Å². The zero-order valence-corrected chi connectivity index (χ0v) is 22.9. The van der Waals surface area contributed by atoms with Crippen LogP contribution >= 0.6 is 0 Å². The highest BCUT2D eigenvalue weighted by Crippen LogP contribution is 2.48. The highest BCUT2D eigenvalue weighted by Gasteiger charge is 2.54. The highest BCUT2D eigenvalue weighted by molar-refractivity contribution is 5.91. The second-order valence-electron chi connectivity index (χ2n) is 11.2. The van der Waals surface area contributed by atoms with Crippen LogP contribution in [0, 0.1) is 24.7 Å². The van der Waals surface area contributed by atoms with Crippen LogP contribution in [0.1, 0.15) is 57.4 Å². The van der Waals surface area contributed by atoms with Crippen molar-refractivity contribution >= 4 is 23.6 Å². The van der Waals surface area contributed by atoms with Gasteiger partial charge in [-0.1, -0.05) is 25.1 Å². The quantitative estimate of drug-likeness (QED) is 0.529. The zero-order valence-electron chi connectivity index (χ0n) is 22.9. The van der Waals surface area contributed by atoms with E-state index in [9.17, 15) is 14.4 Å². The molecule has 3 aliphatic rings. The van der Waals surface area contributed by atoms with Crippen LogP contribution in [0.25, 0.3) is 11.5 Å². The molecule has 0 radical (unpaired) electrons. The summed E-state index contributed by atoms with van der Waals surface area (Å²) >= 11 is 0. The summed E-state index contributed by atoms with van der Waals surface area (Å²) in [5, 5.41) is 6.10. The molecule has 208 valence electrons. The average molecular weight is 535 g/mol. The van der Waals surface area contributed by atoms with Gasteiger partial charge in [0.2, 0.25) is 17.7 Å². The maximum absolute atomic E-state index is 13.6. The Morgan fingerprint density at radius 3 is 2.85 bits per heavy atom. The van der Waals surface area contributed by atoms with Crippen LogP contribution in [-0.2, 0) is 14.3 Å². The summed E-state index contributed by atoms with van der Waals surface area (Å²) in [6, 6.07) is 5.57. The van der Waals surface area contributed by atoms with Crippen molar-refractivity contribution in [1.82, 2.24) is 15.2 Å². The lowest BCUT2D eigenvalue weighted by atomic mass is 9.92. The van der Waals surface area contributed by atoms with Crippen LogP contribution < -0.4 is 10.6 Å². The van der Waals surface area contributed by atoms with Gasteiger partial charge in [-0.25, -0.2) is 9.78 Å². The predicted molar refractivity (Wildman–Crippen MR) is 147 cm³/mol. The standard InChI is InChI=1S/C30H38N4O5/c1-4-30-18-20(30)9-7-5-6-8-13-34(3)28(36)24-17-21(16-23(24)26(35)33-30)39-29(37)32-25-15-19(2)10-11-22(25)27-31-12-14-38-27/h7,9-12,14-15,20-21,23-24H,4-6,8,13,16-18H2,1-3H3,(H,32,37)(H,33,35)/b9-7-/t20-,21-,23-,24-,30-/m1/s1. The van der Waals surface area contributed by atoms with E-state index in [0.717, 1.165) is 37.7 Å². The van der Waals surface area contributed by atoms with Crippen molar-refractivity contribution in [3.05, 3.63) is 48.4 Å². The minimum atomic E-state index is -0.637. The molecule has 1 aliphatic heterocycles. The summed E-state index contributed by atoms with van der Waals surface area (Å²) in [6.07, 6.45) is 11.6. The number of anilines is 1. The molecule has 2 heterocycles. The maximum atomic E-state index is 13.6. The average Bonchev–Trinajstić information content (AvgIpc) is 3.24. The Hall–Kier alpha value is -3.62. The molecule has 2 fully saturated rings. The Morgan fingerprint density at radius 2 is 2.08 bits per heavy atom. The summed E-state index contributed by atoms with van der Waals surface area (Å²) in [5.74, 6) is -0.531. The fourth-order valence-electron chi connectivity index (χ4n) is 6.07. The van der Waals surface area contributed by atoms with E-state index in [1.807, 2.05) is 25.1 Å². The molecule has 0 saturated heterocycles. The van der Waals surface area contributed by atoms with Gasteiger partial charge in [-0.05, 0) is 69.6 Å². The molecule has 0 spiro atoms. The smallest absolute Gasteiger partial charge is 0.411 e. The van der Waals surface area contributed by atoms with E-state index in [1.165, 1.54) is 6.26 Å². The number of oxazole rings is 1. The lowest BCUT2D eigenvalue weighted by Gasteiger charge is -2.26. The largest absolute Gasteiger partial charge is 0.446 e. The molecule has 2 aromatic rings. The van der Waals surface area contributed by atoms with E-state index in [2.05, 4.69) is 34.7 Å². The Balaban J connectivity index is 1.31. The van der Waals surface area contributed by atoms with Crippen LogP contribution in [0.15, 0.2) is 47.2 Å². The van der Waals surface area contributed by atoms with Crippen molar-refractivity contribution in [3.63, 3.8) is 0 Å². The van der Waals surface area contributed by atoms with Gasteiger partial charge in [-0.3, -0.25) is 14.9 Å². The maximum Gasteiger partial charge on any atom is 0.411 e. The Bertz CT molecular complexity index is 1240. The molecular formula is C30H38N4O5. The predicted octanol–water partition coefficient (Wildman–Crippen LogP) is 5.08. The topological polar surface area (TPSA) is 114 Å². The number of rotatable bonds is 4. The third-order valence-electron chi connectivity index (χ3n) is 8.52. The van der Waals surface area contributed by atoms with Crippen molar-refractivity contribution < 1.29 is 23.5 Å². The summed E-state index contributed by atoms with van der Waals surface area (Å²) in [5.41, 5.74) is 1.87. The van der Waals surface area contributed by atoms with E-state index in [0.29, 0.717) is 42.4 Å². The first kappa shape index (κ1) is 27.0. The summed E-state index contributed by atoms with van der Waals surface area (Å²) < 4.78 is 11.2. The highest BCUT2D eigenvalue weighted by atomic mass is 16.6. The molecule has 9 nitrogen and oxygen atoms in total. The summed E-state index contributed by atoms with van der Waals surface area (Å²) in [7, 11) is 1.80. The number of nitrogens with zero attached hydrogens (tertiary/aromatic N) is 2. The first-order valence-electron chi connectivity index (χ1n) is 14.0. The number of aryl methyl sites for hydroxylation is 1. The number of nitrogens with one attached hydrogen (secondary N) is 2. The van der Waals surface area contributed by atoms with Crippen molar-refractivity contribution in [1.29, 1.82) is 0 Å². The van der Waals surface area contributed by atoms with Gasteiger partial charge in [0, 0.05) is 25.0 Å². The number of carbonyl (C=O) groups is 3. The van der Waals surface area contributed by atoms with Crippen LogP contribution in [-0.4, -0.2) is 53.0 Å². The first-order chi connectivity index (χ1) is 18.8. The Labute approximate surface area is 229 Å². The van der Waals surface area contributed by atoms with Gasteiger partial charge in [0.05, 0.1) is 29.3 Å². The minimum Gasteiger partial charge on any atom is -0.446 e. The van der Waals surface area contributed by atoms with Crippen molar-refractivity contribution in [2.24, 2.45) is 17.8 Å². The molecule has 39 heavy (non-hydrogen) atoms. The monoisotopic (exact) mass is 534 g/mol. The van der Waals surface area contributed by atoms with E-state index in [-0.39, 0.29) is 17.4 Å². The molecule has 5 atom stereocenters. The molecule has 1 aromatic carbocycles. The number of aromatic nitrogens is 1. The second kappa shape index (κ2) is 11.2. The molecule has 2 N–H and O–H groups in total. The van der Waals surface area contributed by atoms with Gasteiger partial charge in [-0.15, -0.1) is 0 Å². The molecule has 5 rings (SSSR count). The molecule has 0 unspecified atom stereocenters. The van der Waals surface area contributed by atoms with Gasteiger partial charge >= 0.3 is 6.09 Å². The lowest BCUT2D eigenvalue weighted by Crippen LogP contribution is -2.45.